The molecule has 0 aliphatic carbocycles. The lowest BCUT2D eigenvalue weighted by Gasteiger charge is -2.25. The number of rotatable bonds is 3. The molecular formula is C15H17N5O3. The minimum atomic E-state index is -0.574. The van der Waals surface area contributed by atoms with Gasteiger partial charge in [-0.2, -0.15) is 10.3 Å². The highest BCUT2D eigenvalue weighted by Crippen LogP contribution is 2.10. The van der Waals surface area contributed by atoms with Gasteiger partial charge in [0.15, 0.2) is 0 Å². The summed E-state index contributed by atoms with van der Waals surface area (Å²) < 4.78 is 0. The molecule has 0 saturated carbocycles. The summed E-state index contributed by atoms with van der Waals surface area (Å²) in [6, 6.07) is 6.34. The second-order valence-electron chi connectivity index (χ2n) is 5.37. The van der Waals surface area contributed by atoms with Gasteiger partial charge >= 0.3 is 5.56 Å². The Morgan fingerprint density at radius 2 is 1.91 bits per heavy atom. The minimum absolute atomic E-state index is 0.144. The number of carbonyl (C=O) groups excluding carboxylic acids is 1. The average molecular weight is 315 g/mol. The molecule has 3 rings (SSSR count). The van der Waals surface area contributed by atoms with Crippen LogP contribution in [0.25, 0.3) is 0 Å². The van der Waals surface area contributed by atoms with Crippen molar-refractivity contribution in [2.75, 3.05) is 13.1 Å². The third-order valence-electron chi connectivity index (χ3n) is 3.71. The maximum atomic E-state index is 12.3. The van der Waals surface area contributed by atoms with Crippen molar-refractivity contribution in [1.82, 2.24) is 20.0 Å². The lowest BCUT2D eigenvalue weighted by atomic mass is 10.1. The monoisotopic (exact) mass is 315 g/mol. The Morgan fingerprint density at radius 1 is 1.22 bits per heavy atom. The van der Waals surface area contributed by atoms with Crippen molar-refractivity contribution in [2.24, 2.45) is 5.10 Å². The number of nitrogens with one attached hydrogen (secondary N) is 1. The van der Waals surface area contributed by atoms with Gasteiger partial charge in [0.2, 0.25) is 5.69 Å². The van der Waals surface area contributed by atoms with E-state index in [1.807, 2.05) is 0 Å². The molecule has 1 saturated heterocycles. The Morgan fingerprint density at radius 3 is 2.61 bits per heavy atom. The number of aromatic nitrogens is 3. The van der Waals surface area contributed by atoms with Gasteiger partial charge in [0, 0.05) is 13.1 Å². The number of amides is 1. The van der Waals surface area contributed by atoms with Crippen molar-refractivity contribution in [3.05, 3.63) is 45.9 Å². The predicted molar refractivity (Wildman–Crippen MR) is 83.7 cm³/mol. The van der Waals surface area contributed by atoms with E-state index < -0.39 is 5.56 Å². The van der Waals surface area contributed by atoms with E-state index in [-0.39, 0.29) is 17.4 Å². The molecule has 1 aromatic heterocycles. The predicted octanol–water partition coefficient (Wildman–Crippen LogP) is 0.785. The Bertz CT molecular complexity index is 769. The van der Waals surface area contributed by atoms with Gasteiger partial charge in [0.1, 0.15) is 5.75 Å². The number of likely N-dealkylation sites (tertiary alicyclic amines) is 1. The lowest BCUT2D eigenvalue weighted by Crippen LogP contribution is -2.38. The first-order valence-electron chi connectivity index (χ1n) is 7.45. The van der Waals surface area contributed by atoms with Crippen LogP contribution in [0.15, 0.2) is 34.2 Å². The summed E-state index contributed by atoms with van der Waals surface area (Å²) in [5.74, 6) is -0.209. The molecule has 0 spiro atoms. The van der Waals surface area contributed by atoms with Gasteiger partial charge in [-0.1, -0.05) is 0 Å². The number of piperidine rings is 1. The molecule has 1 aliphatic heterocycles. The van der Waals surface area contributed by atoms with Gasteiger partial charge in [-0.05, 0) is 49.1 Å². The summed E-state index contributed by atoms with van der Waals surface area (Å²) in [5, 5.41) is 19.4. The Kier molecular flexibility index (Phi) is 4.22. The van der Waals surface area contributed by atoms with Crippen molar-refractivity contribution in [3.8, 4) is 5.75 Å². The molecule has 0 bridgehead atoms. The maximum absolute atomic E-state index is 12.3. The number of phenols is 1. The number of aromatic amines is 1. The normalized spacial score (nSPS) is 15.2. The fourth-order valence-electron chi connectivity index (χ4n) is 2.44. The first kappa shape index (κ1) is 15.0. The van der Waals surface area contributed by atoms with Gasteiger partial charge in [-0.3, -0.25) is 9.59 Å². The molecule has 8 heteroatoms. The summed E-state index contributed by atoms with van der Waals surface area (Å²) in [6.07, 6.45) is 4.44. The van der Waals surface area contributed by atoms with Crippen LogP contribution in [0.5, 0.6) is 5.75 Å². The van der Waals surface area contributed by atoms with Crippen molar-refractivity contribution < 1.29 is 9.90 Å². The SMILES string of the molecule is O=C(c1n[nH]n(/N=C/c2ccc(O)cc2)c1=O)N1CCCCC1. The molecule has 1 amide bonds. The van der Waals surface area contributed by atoms with Crippen LogP contribution in [0.4, 0.5) is 0 Å². The highest BCUT2D eigenvalue weighted by molar-refractivity contribution is 5.92. The lowest BCUT2D eigenvalue weighted by molar-refractivity contribution is 0.0717. The van der Waals surface area contributed by atoms with Crippen LogP contribution in [-0.4, -0.2) is 50.3 Å². The summed E-state index contributed by atoms with van der Waals surface area (Å²) in [7, 11) is 0. The van der Waals surface area contributed by atoms with E-state index >= 15 is 0 Å². The first-order chi connectivity index (χ1) is 11.1. The first-order valence-corrected chi connectivity index (χ1v) is 7.45. The molecule has 120 valence electrons. The van der Waals surface area contributed by atoms with Crippen molar-refractivity contribution in [2.45, 2.75) is 19.3 Å². The number of hydrogen-bond acceptors (Lipinski definition) is 5. The zero-order chi connectivity index (χ0) is 16.2. The van der Waals surface area contributed by atoms with Crippen LogP contribution in [0.3, 0.4) is 0 Å². The minimum Gasteiger partial charge on any atom is -0.508 e. The standard InChI is InChI=1S/C15H17N5O3/c21-12-6-4-11(5-7-12)10-16-20-15(23)13(17-18-20)14(22)19-8-2-1-3-9-19/h4-7,10,18,21H,1-3,8-9H2/b16-10+. The highest BCUT2D eigenvalue weighted by Gasteiger charge is 2.24. The zero-order valence-electron chi connectivity index (χ0n) is 12.5. The van der Waals surface area contributed by atoms with E-state index in [9.17, 15) is 14.7 Å². The molecule has 8 nitrogen and oxygen atoms in total. The largest absolute Gasteiger partial charge is 0.508 e. The molecule has 0 unspecified atom stereocenters. The van der Waals surface area contributed by atoms with E-state index in [1.165, 1.54) is 18.3 Å². The van der Waals surface area contributed by atoms with E-state index in [2.05, 4.69) is 15.4 Å². The molecule has 1 aliphatic rings. The highest BCUT2D eigenvalue weighted by atomic mass is 16.3. The van der Waals surface area contributed by atoms with Gasteiger partial charge in [-0.15, -0.1) is 9.89 Å². The van der Waals surface area contributed by atoms with Gasteiger partial charge < -0.3 is 10.0 Å². The van der Waals surface area contributed by atoms with Crippen LogP contribution in [-0.2, 0) is 0 Å². The molecule has 1 aromatic carbocycles. The van der Waals surface area contributed by atoms with E-state index in [0.717, 1.165) is 24.1 Å². The van der Waals surface area contributed by atoms with E-state index in [0.29, 0.717) is 18.7 Å². The van der Waals surface area contributed by atoms with Crippen LogP contribution in [0.1, 0.15) is 35.3 Å². The number of nitrogens with zero attached hydrogens (tertiary/aromatic N) is 4. The Balaban J connectivity index is 1.77. The topological polar surface area (TPSA) is 104 Å². The van der Waals surface area contributed by atoms with Gasteiger partial charge in [-0.25, -0.2) is 0 Å². The Labute approximate surface area is 132 Å². The fraction of sp³-hybridized carbons (Fsp3) is 0.333. The van der Waals surface area contributed by atoms with Crippen molar-refractivity contribution in [3.63, 3.8) is 0 Å². The number of benzene rings is 1. The van der Waals surface area contributed by atoms with Gasteiger partial charge in [0.25, 0.3) is 5.91 Å². The summed E-state index contributed by atoms with van der Waals surface area (Å²) >= 11 is 0. The number of carbonyl (C=O) groups is 1. The molecule has 0 atom stereocenters. The number of hydrogen-bond donors (Lipinski definition) is 2. The summed E-state index contributed by atoms with van der Waals surface area (Å²) in [5.41, 5.74) is -0.0152. The summed E-state index contributed by atoms with van der Waals surface area (Å²) in [4.78, 5) is 27.1. The van der Waals surface area contributed by atoms with Crippen LogP contribution >= 0.6 is 0 Å². The number of phenolic OH excluding ortho intramolecular Hbond substituents is 1. The average Bonchev–Trinajstić information content (AvgIpc) is 2.95. The molecule has 2 N–H and O–H groups in total. The van der Waals surface area contributed by atoms with Crippen molar-refractivity contribution >= 4 is 12.1 Å². The van der Waals surface area contributed by atoms with E-state index in [1.54, 1.807) is 17.0 Å². The molecule has 2 heterocycles. The molecule has 23 heavy (non-hydrogen) atoms. The fourth-order valence-corrected chi connectivity index (χ4v) is 2.44. The number of aromatic hydroxyl groups is 1. The third kappa shape index (κ3) is 3.31. The van der Waals surface area contributed by atoms with Gasteiger partial charge in [0.05, 0.1) is 6.21 Å². The molecular weight excluding hydrogens is 298 g/mol. The van der Waals surface area contributed by atoms with Crippen LogP contribution < -0.4 is 5.56 Å². The maximum Gasteiger partial charge on any atom is 0.320 e. The second kappa shape index (κ2) is 6.47. The Hall–Kier alpha value is -2.90. The smallest absolute Gasteiger partial charge is 0.320 e. The second-order valence-corrected chi connectivity index (χ2v) is 5.37. The van der Waals surface area contributed by atoms with E-state index in [4.69, 9.17) is 0 Å². The zero-order valence-corrected chi connectivity index (χ0v) is 12.5. The summed E-state index contributed by atoms with van der Waals surface area (Å²) in [6.45, 7) is 1.31. The van der Waals surface area contributed by atoms with Crippen LogP contribution in [0, 0.1) is 0 Å². The quantitative estimate of drug-likeness (QED) is 0.817. The number of H-pyrrole nitrogens is 1. The molecule has 2 aromatic rings. The van der Waals surface area contributed by atoms with Crippen LogP contribution in [0.2, 0.25) is 0 Å². The van der Waals surface area contributed by atoms with Crippen molar-refractivity contribution in [1.29, 1.82) is 0 Å². The third-order valence-corrected chi connectivity index (χ3v) is 3.71. The molecule has 1 fully saturated rings. The molecule has 0 radical (unpaired) electrons.